The van der Waals surface area contributed by atoms with E-state index in [2.05, 4.69) is 5.32 Å². The number of fused-ring (bicyclic) bond motifs is 1. The lowest BCUT2D eigenvalue weighted by Crippen LogP contribution is -2.41. The maximum Gasteiger partial charge on any atom is 0.240 e. The van der Waals surface area contributed by atoms with Gasteiger partial charge in [0.1, 0.15) is 0 Å². The molecule has 1 amide bonds. The average Bonchev–Trinajstić information content (AvgIpc) is 3.34. The van der Waals surface area contributed by atoms with Crippen molar-refractivity contribution < 1.29 is 13.2 Å². The monoisotopic (exact) mass is 455 g/mol. The molecular formula is C23H25N3O3S2. The van der Waals surface area contributed by atoms with Crippen LogP contribution in [0.5, 0.6) is 0 Å². The van der Waals surface area contributed by atoms with Crippen LogP contribution in [0.4, 0.5) is 5.69 Å². The zero-order chi connectivity index (χ0) is 22.2. The van der Waals surface area contributed by atoms with E-state index in [9.17, 15) is 13.2 Å². The molecule has 0 aliphatic carbocycles. The Kier molecular flexibility index (Phi) is 5.88. The first-order chi connectivity index (χ1) is 14.7. The number of nitrogens with zero attached hydrogens (tertiary/aromatic N) is 1. The van der Waals surface area contributed by atoms with E-state index < -0.39 is 10.0 Å². The number of carbonyl (C=O) groups is 1. The van der Waals surface area contributed by atoms with Gasteiger partial charge in [-0.25, -0.2) is 13.6 Å². The minimum absolute atomic E-state index is 0.0797. The lowest BCUT2D eigenvalue weighted by Gasteiger charge is -2.26. The largest absolute Gasteiger partial charge is 0.359 e. The van der Waals surface area contributed by atoms with Crippen LogP contribution in [0.1, 0.15) is 34.5 Å². The van der Waals surface area contributed by atoms with Crippen molar-refractivity contribution in [3.8, 4) is 0 Å². The summed E-state index contributed by atoms with van der Waals surface area (Å²) in [5, 5.41) is 10.4. The fourth-order valence-corrected chi connectivity index (χ4v) is 5.35. The van der Waals surface area contributed by atoms with Crippen molar-refractivity contribution in [2.24, 2.45) is 5.14 Å². The number of carbonyl (C=O) groups excluding carboxylic acids is 1. The smallest absolute Gasteiger partial charge is 0.240 e. The van der Waals surface area contributed by atoms with Gasteiger partial charge in [-0.15, -0.1) is 11.3 Å². The Labute approximate surface area is 186 Å². The second kappa shape index (κ2) is 8.45. The number of nitrogens with one attached hydrogen (secondary N) is 1. The molecule has 1 aromatic heterocycles. The normalized spacial score (nSPS) is 16.7. The van der Waals surface area contributed by atoms with Gasteiger partial charge in [-0.2, -0.15) is 0 Å². The molecule has 0 radical (unpaired) electrons. The van der Waals surface area contributed by atoms with Crippen LogP contribution in [-0.2, 0) is 21.2 Å². The molecule has 6 nitrogen and oxygen atoms in total. The van der Waals surface area contributed by atoms with Gasteiger partial charge in [-0.3, -0.25) is 4.79 Å². The van der Waals surface area contributed by atoms with E-state index >= 15 is 0 Å². The molecule has 31 heavy (non-hydrogen) atoms. The highest BCUT2D eigenvalue weighted by Gasteiger charge is 2.29. The number of aryl methyl sites for hydroxylation is 1. The molecular weight excluding hydrogens is 430 g/mol. The van der Waals surface area contributed by atoms with Crippen LogP contribution >= 0.6 is 11.3 Å². The zero-order valence-corrected chi connectivity index (χ0v) is 19.0. The third kappa shape index (κ3) is 4.66. The first kappa shape index (κ1) is 21.5. The Morgan fingerprint density at radius 2 is 1.97 bits per heavy atom. The average molecular weight is 456 g/mol. The molecule has 2 atom stereocenters. The van der Waals surface area contributed by atoms with Crippen LogP contribution in [0.3, 0.4) is 0 Å². The van der Waals surface area contributed by atoms with E-state index in [-0.39, 0.29) is 29.4 Å². The highest BCUT2D eigenvalue weighted by atomic mass is 32.2. The van der Waals surface area contributed by atoms with Crippen LogP contribution in [0, 0.1) is 6.92 Å². The quantitative estimate of drug-likeness (QED) is 0.596. The Balaban J connectivity index is 1.54. The van der Waals surface area contributed by atoms with Gasteiger partial charge >= 0.3 is 0 Å². The number of rotatable bonds is 6. The Morgan fingerprint density at radius 3 is 2.61 bits per heavy atom. The zero-order valence-electron chi connectivity index (χ0n) is 17.4. The van der Waals surface area contributed by atoms with E-state index in [0.717, 1.165) is 21.7 Å². The number of nitrogens with two attached hydrogens (primary N) is 1. The molecule has 0 spiro atoms. The van der Waals surface area contributed by atoms with Gasteiger partial charge in [-0.05, 0) is 61.0 Å². The molecule has 0 saturated heterocycles. The number of anilines is 1. The number of amides is 1. The van der Waals surface area contributed by atoms with Crippen molar-refractivity contribution >= 4 is 33.0 Å². The molecule has 0 bridgehead atoms. The van der Waals surface area contributed by atoms with Crippen molar-refractivity contribution in [1.82, 2.24) is 5.32 Å². The summed E-state index contributed by atoms with van der Waals surface area (Å²) >= 11 is 1.61. The van der Waals surface area contributed by atoms with Crippen LogP contribution in [-0.4, -0.2) is 26.9 Å². The molecule has 3 aromatic rings. The van der Waals surface area contributed by atoms with Crippen molar-refractivity contribution in [1.29, 1.82) is 0 Å². The predicted molar refractivity (Wildman–Crippen MR) is 124 cm³/mol. The molecule has 0 saturated carbocycles. The van der Waals surface area contributed by atoms with Crippen molar-refractivity contribution in [2.75, 3.05) is 11.4 Å². The molecule has 4 rings (SSSR count). The number of primary sulfonamides is 1. The first-order valence-electron chi connectivity index (χ1n) is 10.0. The SMILES string of the molecule is Cc1ccc([C@H](NC(=O)CN2c3ccc(S(N)(=O)=O)cc3C[C@H]2C)c2cccs2)cc1. The summed E-state index contributed by atoms with van der Waals surface area (Å²) in [5.74, 6) is -0.0887. The summed E-state index contributed by atoms with van der Waals surface area (Å²) in [5.41, 5.74) is 3.97. The van der Waals surface area contributed by atoms with Gasteiger partial charge in [0, 0.05) is 16.6 Å². The molecule has 3 N–H and O–H groups in total. The van der Waals surface area contributed by atoms with Crippen LogP contribution < -0.4 is 15.4 Å². The van der Waals surface area contributed by atoms with E-state index in [1.807, 2.05) is 60.5 Å². The third-order valence-electron chi connectivity index (χ3n) is 5.59. The Morgan fingerprint density at radius 1 is 1.23 bits per heavy atom. The van der Waals surface area contributed by atoms with E-state index in [4.69, 9.17) is 5.14 Å². The molecule has 1 aliphatic heterocycles. The maximum absolute atomic E-state index is 13.1. The molecule has 0 unspecified atom stereocenters. The number of hydrogen-bond acceptors (Lipinski definition) is 5. The van der Waals surface area contributed by atoms with Crippen molar-refractivity contribution in [3.05, 3.63) is 81.5 Å². The molecule has 2 heterocycles. The lowest BCUT2D eigenvalue weighted by atomic mass is 10.0. The second-order valence-electron chi connectivity index (χ2n) is 7.94. The number of thiophene rings is 1. The number of hydrogen-bond donors (Lipinski definition) is 2. The number of sulfonamides is 1. The molecule has 8 heteroatoms. The molecule has 2 aromatic carbocycles. The van der Waals surface area contributed by atoms with E-state index in [1.54, 1.807) is 23.5 Å². The van der Waals surface area contributed by atoms with Gasteiger partial charge in [0.25, 0.3) is 0 Å². The van der Waals surface area contributed by atoms with Gasteiger partial charge in [0.15, 0.2) is 0 Å². The fraction of sp³-hybridized carbons (Fsp3) is 0.261. The minimum Gasteiger partial charge on any atom is -0.359 e. The van der Waals surface area contributed by atoms with E-state index in [1.165, 1.54) is 11.6 Å². The van der Waals surface area contributed by atoms with Crippen molar-refractivity contribution in [2.45, 2.75) is 37.2 Å². The number of benzene rings is 2. The van der Waals surface area contributed by atoms with Crippen LogP contribution in [0.2, 0.25) is 0 Å². The maximum atomic E-state index is 13.1. The first-order valence-corrected chi connectivity index (χ1v) is 12.5. The Bertz CT molecular complexity index is 1190. The van der Waals surface area contributed by atoms with Gasteiger partial charge < -0.3 is 10.2 Å². The summed E-state index contributed by atoms with van der Waals surface area (Å²) in [6, 6.07) is 16.9. The van der Waals surface area contributed by atoms with Crippen molar-refractivity contribution in [3.63, 3.8) is 0 Å². The molecule has 0 fully saturated rings. The van der Waals surface area contributed by atoms with Crippen LogP contribution in [0.15, 0.2) is 64.9 Å². The summed E-state index contributed by atoms with van der Waals surface area (Å²) in [6.45, 7) is 4.26. The topological polar surface area (TPSA) is 92.5 Å². The molecule has 1 aliphatic rings. The predicted octanol–water partition coefficient (Wildman–Crippen LogP) is 3.36. The Hall–Kier alpha value is -2.68. The minimum atomic E-state index is -3.75. The van der Waals surface area contributed by atoms with Gasteiger partial charge in [0.2, 0.25) is 15.9 Å². The van der Waals surface area contributed by atoms with Gasteiger partial charge in [0.05, 0.1) is 17.5 Å². The van der Waals surface area contributed by atoms with Gasteiger partial charge in [-0.1, -0.05) is 35.9 Å². The molecule has 162 valence electrons. The van der Waals surface area contributed by atoms with E-state index in [0.29, 0.717) is 6.42 Å². The summed E-state index contributed by atoms with van der Waals surface area (Å²) < 4.78 is 23.3. The summed E-state index contributed by atoms with van der Waals surface area (Å²) in [6.07, 6.45) is 0.665. The standard InChI is InChI=1S/C23H25N3O3S2/c1-15-5-7-17(8-6-15)23(21-4-3-11-30-21)25-22(27)14-26-16(2)12-18-13-19(31(24,28)29)9-10-20(18)26/h3-11,13,16,23H,12,14H2,1-2H3,(H,25,27)(H2,24,28,29)/t16-,23+/m1/s1. The fourth-order valence-electron chi connectivity index (χ4n) is 3.98. The highest BCUT2D eigenvalue weighted by molar-refractivity contribution is 7.89. The lowest BCUT2D eigenvalue weighted by molar-refractivity contribution is -0.120. The highest BCUT2D eigenvalue weighted by Crippen LogP contribution is 2.33. The third-order valence-corrected chi connectivity index (χ3v) is 7.44. The summed E-state index contributed by atoms with van der Waals surface area (Å²) in [7, 11) is -3.75. The van der Waals surface area contributed by atoms with Crippen LogP contribution in [0.25, 0.3) is 0 Å². The summed E-state index contributed by atoms with van der Waals surface area (Å²) in [4.78, 5) is 16.2. The second-order valence-corrected chi connectivity index (χ2v) is 10.5.